The lowest BCUT2D eigenvalue weighted by Crippen LogP contribution is -2.40. The van der Waals surface area contributed by atoms with Crippen LogP contribution in [0, 0.1) is 0 Å². The molecular weight excluding hydrogens is 338 g/mol. The molecule has 3 rings (SSSR count). The van der Waals surface area contributed by atoms with Crippen LogP contribution in [0.1, 0.15) is 29.9 Å². The zero-order valence-corrected chi connectivity index (χ0v) is 14.8. The summed E-state index contributed by atoms with van der Waals surface area (Å²) in [6, 6.07) is 10.1. The quantitative estimate of drug-likeness (QED) is 0.891. The van der Waals surface area contributed by atoms with Crippen molar-refractivity contribution in [3.8, 4) is 5.75 Å². The Morgan fingerprint density at radius 1 is 1.28 bits per heavy atom. The summed E-state index contributed by atoms with van der Waals surface area (Å²) in [5, 5.41) is 0.491. The van der Waals surface area contributed by atoms with Gasteiger partial charge in [-0.25, -0.2) is 0 Å². The molecule has 1 saturated heterocycles. The molecule has 0 saturated carbocycles. The van der Waals surface area contributed by atoms with E-state index in [1.165, 1.54) is 11.8 Å². The number of amides is 1. The van der Waals surface area contributed by atoms with E-state index in [9.17, 15) is 4.79 Å². The summed E-state index contributed by atoms with van der Waals surface area (Å²) in [6.07, 6.45) is 4.99. The third-order valence-corrected chi connectivity index (χ3v) is 4.75. The fraction of sp³-hybridized carbons (Fsp3) is 0.368. The van der Waals surface area contributed by atoms with E-state index >= 15 is 0 Å². The van der Waals surface area contributed by atoms with E-state index in [1.54, 1.807) is 12.3 Å². The van der Waals surface area contributed by atoms with Crippen LogP contribution in [0.4, 0.5) is 0 Å². The van der Waals surface area contributed by atoms with Crippen molar-refractivity contribution >= 4 is 17.5 Å². The molecule has 2 aromatic rings. The Morgan fingerprint density at radius 3 is 2.80 bits per heavy atom. The summed E-state index contributed by atoms with van der Waals surface area (Å²) >= 11 is 5.86. The SMILES string of the molecule is NCc1cccc(C2CCN(C(=O)COc3cncc(Cl)c3)CC2)c1. The van der Waals surface area contributed by atoms with Crippen molar-refractivity contribution in [3.05, 3.63) is 58.9 Å². The van der Waals surface area contributed by atoms with Crippen molar-refractivity contribution in [3.63, 3.8) is 0 Å². The Kier molecular flexibility index (Phi) is 5.89. The Hall–Kier alpha value is -2.11. The first-order chi connectivity index (χ1) is 12.2. The molecule has 0 radical (unpaired) electrons. The van der Waals surface area contributed by atoms with E-state index < -0.39 is 0 Å². The first-order valence-electron chi connectivity index (χ1n) is 8.45. The van der Waals surface area contributed by atoms with Gasteiger partial charge in [-0.3, -0.25) is 9.78 Å². The molecule has 1 amide bonds. The number of carbonyl (C=O) groups is 1. The van der Waals surface area contributed by atoms with Crippen LogP contribution in [-0.2, 0) is 11.3 Å². The summed E-state index contributed by atoms with van der Waals surface area (Å²) in [6.45, 7) is 2.05. The average Bonchev–Trinajstić information content (AvgIpc) is 2.66. The number of nitrogens with two attached hydrogens (primary N) is 1. The minimum Gasteiger partial charge on any atom is -0.482 e. The highest BCUT2D eigenvalue weighted by atomic mass is 35.5. The second-order valence-corrected chi connectivity index (χ2v) is 6.67. The van der Waals surface area contributed by atoms with Crippen molar-refractivity contribution in [1.82, 2.24) is 9.88 Å². The van der Waals surface area contributed by atoms with Crippen molar-refractivity contribution in [2.75, 3.05) is 19.7 Å². The van der Waals surface area contributed by atoms with Gasteiger partial charge in [-0.05, 0) is 29.9 Å². The maximum Gasteiger partial charge on any atom is 0.260 e. The van der Waals surface area contributed by atoms with Gasteiger partial charge in [-0.2, -0.15) is 0 Å². The molecular formula is C19H22ClN3O2. The Labute approximate surface area is 152 Å². The number of likely N-dealkylation sites (tertiary alicyclic amines) is 1. The topological polar surface area (TPSA) is 68.5 Å². The number of hydrogen-bond donors (Lipinski definition) is 1. The Balaban J connectivity index is 1.50. The van der Waals surface area contributed by atoms with Crippen LogP contribution in [0.15, 0.2) is 42.7 Å². The van der Waals surface area contributed by atoms with Crippen molar-refractivity contribution in [1.29, 1.82) is 0 Å². The first kappa shape index (κ1) is 17.7. The normalized spacial score (nSPS) is 15.2. The highest BCUT2D eigenvalue weighted by Crippen LogP contribution is 2.28. The van der Waals surface area contributed by atoms with Gasteiger partial charge < -0.3 is 15.4 Å². The zero-order valence-electron chi connectivity index (χ0n) is 14.0. The summed E-state index contributed by atoms with van der Waals surface area (Å²) in [5.74, 6) is 0.983. The smallest absolute Gasteiger partial charge is 0.260 e. The third kappa shape index (κ3) is 4.71. The van der Waals surface area contributed by atoms with Gasteiger partial charge >= 0.3 is 0 Å². The number of rotatable bonds is 5. The minimum atomic E-state index is -0.00543. The lowest BCUT2D eigenvalue weighted by molar-refractivity contribution is -0.134. The van der Waals surface area contributed by atoms with E-state index in [0.717, 1.165) is 31.5 Å². The van der Waals surface area contributed by atoms with Crippen LogP contribution in [0.2, 0.25) is 5.02 Å². The third-order valence-electron chi connectivity index (χ3n) is 4.55. The molecule has 1 aromatic heterocycles. The van der Waals surface area contributed by atoms with Gasteiger partial charge in [0.05, 0.1) is 11.2 Å². The van der Waals surface area contributed by atoms with Gasteiger partial charge in [0, 0.05) is 31.9 Å². The molecule has 0 aliphatic carbocycles. The number of nitrogens with zero attached hydrogens (tertiary/aromatic N) is 2. The van der Waals surface area contributed by atoms with Crippen molar-refractivity contribution in [2.24, 2.45) is 5.73 Å². The lowest BCUT2D eigenvalue weighted by Gasteiger charge is -2.32. The maximum absolute atomic E-state index is 12.3. The second kappa shape index (κ2) is 8.32. The van der Waals surface area contributed by atoms with Crippen molar-refractivity contribution < 1.29 is 9.53 Å². The molecule has 6 heteroatoms. The second-order valence-electron chi connectivity index (χ2n) is 6.23. The van der Waals surface area contributed by atoms with E-state index in [0.29, 0.717) is 23.2 Å². The maximum atomic E-state index is 12.3. The minimum absolute atomic E-state index is 0.00543. The van der Waals surface area contributed by atoms with Crippen LogP contribution in [0.25, 0.3) is 0 Å². The number of piperidine rings is 1. The molecule has 2 N–H and O–H groups in total. The van der Waals surface area contributed by atoms with Gasteiger partial charge in [-0.1, -0.05) is 35.9 Å². The monoisotopic (exact) mass is 359 g/mol. The highest BCUT2D eigenvalue weighted by molar-refractivity contribution is 6.30. The number of aromatic nitrogens is 1. The van der Waals surface area contributed by atoms with Crippen LogP contribution >= 0.6 is 11.6 Å². The number of ether oxygens (including phenoxy) is 1. The number of benzene rings is 1. The standard InChI is InChI=1S/C19H22ClN3O2/c20-17-9-18(12-22-11-17)25-13-19(24)23-6-4-15(5-7-23)16-3-1-2-14(8-16)10-21/h1-3,8-9,11-12,15H,4-7,10,13,21H2. The van der Waals surface area contributed by atoms with Gasteiger partial charge in [0.2, 0.25) is 0 Å². The van der Waals surface area contributed by atoms with Crippen LogP contribution in [-0.4, -0.2) is 35.5 Å². The fourth-order valence-electron chi connectivity index (χ4n) is 3.14. The number of carbonyl (C=O) groups excluding carboxylic acids is 1. The molecule has 132 valence electrons. The number of hydrogen-bond acceptors (Lipinski definition) is 4. The molecule has 5 nitrogen and oxygen atoms in total. The highest BCUT2D eigenvalue weighted by Gasteiger charge is 2.24. The van der Waals surface area contributed by atoms with Gasteiger partial charge in [0.15, 0.2) is 6.61 Å². The Morgan fingerprint density at radius 2 is 2.08 bits per heavy atom. The predicted molar refractivity (Wildman–Crippen MR) is 97.6 cm³/mol. The largest absolute Gasteiger partial charge is 0.482 e. The lowest BCUT2D eigenvalue weighted by atomic mass is 9.88. The van der Waals surface area contributed by atoms with Gasteiger partial charge in [0.25, 0.3) is 5.91 Å². The zero-order chi connectivity index (χ0) is 17.6. The van der Waals surface area contributed by atoms with E-state index in [4.69, 9.17) is 22.1 Å². The molecule has 2 heterocycles. The molecule has 0 unspecified atom stereocenters. The van der Waals surface area contributed by atoms with Crippen LogP contribution in [0.5, 0.6) is 5.75 Å². The van der Waals surface area contributed by atoms with Crippen LogP contribution in [0.3, 0.4) is 0 Å². The van der Waals surface area contributed by atoms with E-state index in [1.807, 2.05) is 11.0 Å². The molecule has 1 aromatic carbocycles. The molecule has 1 aliphatic rings. The average molecular weight is 360 g/mol. The summed E-state index contributed by atoms with van der Waals surface area (Å²) in [4.78, 5) is 18.1. The summed E-state index contributed by atoms with van der Waals surface area (Å²) in [5.41, 5.74) is 8.19. The fourth-order valence-corrected chi connectivity index (χ4v) is 3.31. The van der Waals surface area contributed by atoms with E-state index in [-0.39, 0.29) is 12.5 Å². The van der Waals surface area contributed by atoms with E-state index in [2.05, 4.69) is 23.2 Å². The first-order valence-corrected chi connectivity index (χ1v) is 8.83. The predicted octanol–water partition coefficient (Wildman–Crippen LogP) is 2.98. The molecule has 0 spiro atoms. The number of pyridine rings is 1. The van der Waals surface area contributed by atoms with Crippen molar-refractivity contribution in [2.45, 2.75) is 25.3 Å². The summed E-state index contributed by atoms with van der Waals surface area (Å²) in [7, 11) is 0. The molecule has 0 atom stereocenters. The molecule has 1 fully saturated rings. The molecule has 1 aliphatic heterocycles. The molecule has 0 bridgehead atoms. The Bertz CT molecular complexity index is 730. The van der Waals surface area contributed by atoms with Gasteiger partial charge in [0.1, 0.15) is 5.75 Å². The van der Waals surface area contributed by atoms with Crippen LogP contribution < -0.4 is 10.5 Å². The summed E-state index contributed by atoms with van der Waals surface area (Å²) < 4.78 is 5.49. The number of halogens is 1. The molecule has 25 heavy (non-hydrogen) atoms. The van der Waals surface area contributed by atoms with Gasteiger partial charge in [-0.15, -0.1) is 0 Å².